The molecule has 20 heavy (non-hydrogen) atoms. The Morgan fingerprint density at radius 2 is 1.95 bits per heavy atom. The van der Waals surface area contributed by atoms with Gasteiger partial charge in [0.05, 0.1) is 0 Å². The lowest BCUT2D eigenvalue weighted by Gasteiger charge is -2.15. The Morgan fingerprint density at radius 1 is 1.25 bits per heavy atom. The van der Waals surface area contributed by atoms with Crippen molar-refractivity contribution in [3.63, 3.8) is 0 Å². The second-order valence-electron chi connectivity index (χ2n) is 8.13. The number of hydrogen-bond donors (Lipinski definition) is 0. The Kier molecular flexibility index (Phi) is 5.03. The van der Waals surface area contributed by atoms with Gasteiger partial charge in [-0.15, -0.1) is 0 Å². The summed E-state index contributed by atoms with van der Waals surface area (Å²) >= 11 is 0. The van der Waals surface area contributed by atoms with E-state index in [-0.39, 0.29) is 0 Å². The van der Waals surface area contributed by atoms with E-state index in [1.165, 1.54) is 32.1 Å². The maximum atomic E-state index is 2.57. The smallest absolute Gasteiger partial charge is 0.0202 e. The van der Waals surface area contributed by atoms with Crippen LogP contribution in [0.15, 0.2) is 12.2 Å². The van der Waals surface area contributed by atoms with Crippen molar-refractivity contribution in [2.24, 2.45) is 40.9 Å². The third-order valence-corrected chi connectivity index (χ3v) is 6.71. The number of rotatable bonds is 8. The van der Waals surface area contributed by atoms with Gasteiger partial charge in [0.1, 0.15) is 0 Å². The summed E-state index contributed by atoms with van der Waals surface area (Å²) in [5.74, 6) is 5.83. The zero-order valence-electron chi connectivity index (χ0n) is 14.7. The molecule has 0 spiro atoms. The first-order chi connectivity index (χ1) is 9.48. The van der Waals surface area contributed by atoms with Crippen molar-refractivity contribution < 1.29 is 0 Å². The van der Waals surface area contributed by atoms with Crippen molar-refractivity contribution in [3.8, 4) is 0 Å². The van der Waals surface area contributed by atoms with Crippen LogP contribution in [0.5, 0.6) is 0 Å². The number of hydrogen-bond acceptors (Lipinski definition) is 0. The van der Waals surface area contributed by atoms with Gasteiger partial charge in [0.25, 0.3) is 0 Å². The molecule has 0 radical (unpaired) electrons. The lowest BCUT2D eigenvalue weighted by Crippen LogP contribution is -2.06. The van der Waals surface area contributed by atoms with Crippen LogP contribution in [-0.4, -0.2) is 0 Å². The van der Waals surface area contributed by atoms with Gasteiger partial charge in [0, 0.05) is 0 Å². The summed E-state index contributed by atoms with van der Waals surface area (Å²) in [7, 11) is 0. The third kappa shape index (κ3) is 3.15. The van der Waals surface area contributed by atoms with E-state index in [9.17, 15) is 0 Å². The fourth-order valence-corrected chi connectivity index (χ4v) is 4.73. The Balaban J connectivity index is 1.86. The van der Waals surface area contributed by atoms with E-state index in [0.717, 1.165) is 35.5 Å². The van der Waals surface area contributed by atoms with E-state index >= 15 is 0 Å². The standard InChI is InChI=1S/C20H36/c1-7-10-16(9-3)18-15(5)19(18)17-13-20(17,6)12-11-14(4)8-2/h7,10,14-19H,8-9,11-13H2,1-6H3. The Bertz CT molecular complexity index is 342. The summed E-state index contributed by atoms with van der Waals surface area (Å²) < 4.78 is 0. The lowest BCUT2D eigenvalue weighted by atomic mass is 9.90. The molecule has 7 atom stereocenters. The Hall–Kier alpha value is -0.260. The monoisotopic (exact) mass is 276 g/mol. The van der Waals surface area contributed by atoms with E-state index in [2.05, 4.69) is 53.7 Å². The largest absolute Gasteiger partial charge is 0.0914 e. The molecule has 116 valence electrons. The van der Waals surface area contributed by atoms with Gasteiger partial charge < -0.3 is 0 Å². The highest BCUT2D eigenvalue weighted by molar-refractivity contribution is 5.14. The molecule has 2 aliphatic carbocycles. The van der Waals surface area contributed by atoms with Crippen LogP contribution in [0.25, 0.3) is 0 Å². The highest BCUT2D eigenvalue weighted by atomic mass is 14.7. The summed E-state index contributed by atoms with van der Waals surface area (Å²) in [6.07, 6.45) is 11.9. The topological polar surface area (TPSA) is 0 Å². The second-order valence-corrected chi connectivity index (χ2v) is 8.13. The van der Waals surface area contributed by atoms with Crippen LogP contribution in [0.3, 0.4) is 0 Å². The summed E-state index contributed by atoms with van der Waals surface area (Å²) in [5, 5.41) is 0. The molecular weight excluding hydrogens is 240 g/mol. The van der Waals surface area contributed by atoms with Crippen LogP contribution in [0.1, 0.15) is 73.6 Å². The highest BCUT2D eigenvalue weighted by Crippen LogP contribution is 2.70. The van der Waals surface area contributed by atoms with Crippen molar-refractivity contribution >= 4 is 0 Å². The van der Waals surface area contributed by atoms with Crippen molar-refractivity contribution in [3.05, 3.63) is 12.2 Å². The second kappa shape index (κ2) is 6.24. The molecule has 0 N–H and O–H groups in total. The van der Waals surface area contributed by atoms with E-state index in [0.29, 0.717) is 5.41 Å². The van der Waals surface area contributed by atoms with Crippen LogP contribution in [0.4, 0.5) is 0 Å². The van der Waals surface area contributed by atoms with Crippen LogP contribution in [0, 0.1) is 40.9 Å². The van der Waals surface area contributed by atoms with E-state index in [1.807, 2.05) is 0 Å². The van der Waals surface area contributed by atoms with E-state index < -0.39 is 0 Å². The van der Waals surface area contributed by atoms with Gasteiger partial charge in [-0.1, -0.05) is 59.6 Å². The zero-order chi connectivity index (χ0) is 14.9. The SMILES string of the molecule is CC=CC(CC)C1C(C)C1C1CC1(C)CCC(C)CC. The lowest BCUT2D eigenvalue weighted by molar-refractivity contribution is 0.358. The molecule has 0 heteroatoms. The first-order valence-corrected chi connectivity index (χ1v) is 9.11. The predicted molar refractivity (Wildman–Crippen MR) is 89.6 cm³/mol. The Labute approximate surface area is 127 Å². The van der Waals surface area contributed by atoms with Gasteiger partial charge in [-0.3, -0.25) is 0 Å². The molecule has 0 aromatic rings. The van der Waals surface area contributed by atoms with Gasteiger partial charge >= 0.3 is 0 Å². The molecule has 0 aromatic carbocycles. The zero-order valence-corrected chi connectivity index (χ0v) is 14.7. The molecular formula is C20H36. The van der Waals surface area contributed by atoms with Crippen LogP contribution < -0.4 is 0 Å². The minimum absolute atomic E-state index is 0.700. The fraction of sp³-hybridized carbons (Fsp3) is 0.900. The maximum absolute atomic E-state index is 2.57. The molecule has 0 amide bonds. The average Bonchev–Trinajstić information content (AvgIpc) is 3.30. The fourth-order valence-electron chi connectivity index (χ4n) is 4.73. The van der Waals surface area contributed by atoms with Gasteiger partial charge in [-0.25, -0.2) is 0 Å². The molecule has 0 aliphatic heterocycles. The Morgan fingerprint density at radius 3 is 2.50 bits per heavy atom. The summed E-state index contributed by atoms with van der Waals surface area (Å²) in [6.45, 7) is 14.4. The predicted octanol–water partition coefficient (Wildman–Crippen LogP) is 6.32. The van der Waals surface area contributed by atoms with Gasteiger partial charge in [0.2, 0.25) is 0 Å². The molecule has 0 aromatic heterocycles. The molecule has 2 fully saturated rings. The van der Waals surface area contributed by atoms with Gasteiger partial charge in [-0.05, 0) is 67.1 Å². The van der Waals surface area contributed by atoms with E-state index in [4.69, 9.17) is 0 Å². The molecule has 2 rings (SSSR count). The van der Waals surface area contributed by atoms with Crippen molar-refractivity contribution in [1.29, 1.82) is 0 Å². The normalized spacial score (nSPS) is 42.7. The van der Waals surface area contributed by atoms with Crippen LogP contribution in [0.2, 0.25) is 0 Å². The maximum Gasteiger partial charge on any atom is -0.0202 e. The molecule has 7 unspecified atom stereocenters. The minimum atomic E-state index is 0.700. The van der Waals surface area contributed by atoms with Gasteiger partial charge in [-0.2, -0.15) is 0 Å². The average molecular weight is 277 g/mol. The molecule has 2 saturated carbocycles. The molecule has 0 bridgehead atoms. The molecule has 0 heterocycles. The van der Waals surface area contributed by atoms with E-state index in [1.54, 1.807) is 0 Å². The summed E-state index contributed by atoms with van der Waals surface area (Å²) in [5.41, 5.74) is 0.700. The summed E-state index contributed by atoms with van der Waals surface area (Å²) in [6, 6.07) is 0. The molecule has 2 aliphatic rings. The number of allylic oxidation sites excluding steroid dienone is 2. The van der Waals surface area contributed by atoms with Crippen molar-refractivity contribution in [1.82, 2.24) is 0 Å². The van der Waals surface area contributed by atoms with Crippen molar-refractivity contribution in [2.45, 2.75) is 73.6 Å². The third-order valence-electron chi connectivity index (χ3n) is 6.71. The first kappa shape index (κ1) is 16.1. The molecule has 0 nitrogen and oxygen atoms in total. The molecule has 0 saturated heterocycles. The highest BCUT2D eigenvalue weighted by Gasteiger charge is 2.64. The van der Waals surface area contributed by atoms with Crippen LogP contribution in [-0.2, 0) is 0 Å². The quantitative estimate of drug-likeness (QED) is 0.455. The first-order valence-electron chi connectivity index (χ1n) is 9.11. The van der Waals surface area contributed by atoms with Crippen LogP contribution >= 0.6 is 0 Å². The minimum Gasteiger partial charge on any atom is -0.0914 e. The van der Waals surface area contributed by atoms with Crippen molar-refractivity contribution in [2.75, 3.05) is 0 Å². The summed E-state index contributed by atoms with van der Waals surface area (Å²) in [4.78, 5) is 0. The van der Waals surface area contributed by atoms with Gasteiger partial charge in [0.15, 0.2) is 0 Å².